The number of benzene rings is 2. The first kappa shape index (κ1) is 17.0. The van der Waals surface area contributed by atoms with Gasteiger partial charge in [0.15, 0.2) is 0 Å². The maximum atomic E-state index is 12.6. The minimum absolute atomic E-state index is 0.0120. The molecule has 0 saturated heterocycles. The summed E-state index contributed by atoms with van der Waals surface area (Å²) in [5.41, 5.74) is 3.10. The molecular weight excluding hydrogens is 314 g/mol. The van der Waals surface area contributed by atoms with Gasteiger partial charge in [0.2, 0.25) is 5.91 Å². The molecule has 0 bridgehead atoms. The third-order valence-corrected chi connectivity index (χ3v) is 4.67. The van der Waals surface area contributed by atoms with Crippen LogP contribution in [0.25, 0.3) is 11.0 Å². The highest BCUT2D eigenvalue weighted by molar-refractivity contribution is 5.77. The molecule has 0 aliphatic heterocycles. The highest BCUT2D eigenvalue weighted by Gasteiger charge is 2.17. The molecule has 2 aromatic carbocycles. The van der Waals surface area contributed by atoms with Crippen LogP contribution in [0.15, 0.2) is 54.9 Å². The third-order valence-electron chi connectivity index (χ3n) is 4.67. The molecule has 0 N–H and O–H groups in total. The van der Waals surface area contributed by atoms with Crippen molar-refractivity contribution in [3.05, 3.63) is 60.4 Å². The van der Waals surface area contributed by atoms with Gasteiger partial charge in [-0.3, -0.25) is 4.79 Å². The van der Waals surface area contributed by atoms with Gasteiger partial charge in [-0.15, -0.1) is 0 Å². The molecule has 5 heteroatoms. The van der Waals surface area contributed by atoms with Crippen LogP contribution < -0.4 is 4.74 Å². The fourth-order valence-electron chi connectivity index (χ4n) is 2.90. The lowest BCUT2D eigenvalue weighted by molar-refractivity contribution is -0.132. The minimum Gasteiger partial charge on any atom is -0.497 e. The van der Waals surface area contributed by atoms with Crippen molar-refractivity contribution in [2.24, 2.45) is 0 Å². The van der Waals surface area contributed by atoms with E-state index < -0.39 is 0 Å². The van der Waals surface area contributed by atoms with E-state index in [0.29, 0.717) is 13.0 Å². The first-order chi connectivity index (χ1) is 12.1. The Kier molecular flexibility index (Phi) is 5.03. The summed E-state index contributed by atoms with van der Waals surface area (Å²) in [6.07, 6.45) is 2.24. The smallest absolute Gasteiger partial charge is 0.224 e. The number of nitrogens with zero attached hydrogens (tertiary/aromatic N) is 3. The number of amides is 1. The fraction of sp³-hybridized carbons (Fsp3) is 0.300. The minimum atomic E-state index is 0.0120. The van der Waals surface area contributed by atoms with Crippen LogP contribution in [0.2, 0.25) is 0 Å². The first-order valence-corrected chi connectivity index (χ1v) is 8.39. The molecule has 130 valence electrons. The summed E-state index contributed by atoms with van der Waals surface area (Å²) >= 11 is 0. The molecule has 3 rings (SSSR count). The van der Waals surface area contributed by atoms with E-state index in [1.165, 1.54) is 0 Å². The predicted octanol–water partition coefficient (Wildman–Crippen LogP) is 3.65. The second-order valence-electron chi connectivity index (χ2n) is 6.13. The second kappa shape index (κ2) is 7.38. The maximum Gasteiger partial charge on any atom is 0.224 e. The Morgan fingerprint density at radius 3 is 2.64 bits per heavy atom. The average molecular weight is 337 g/mol. The molecule has 25 heavy (non-hydrogen) atoms. The monoisotopic (exact) mass is 337 g/mol. The molecule has 0 aliphatic rings. The highest BCUT2D eigenvalue weighted by Crippen LogP contribution is 2.22. The normalized spacial score (nSPS) is 12.1. The zero-order valence-electron chi connectivity index (χ0n) is 14.8. The second-order valence-corrected chi connectivity index (χ2v) is 6.13. The van der Waals surface area contributed by atoms with Gasteiger partial charge in [0.1, 0.15) is 5.75 Å². The number of methoxy groups -OCH3 is 1. The topological polar surface area (TPSA) is 47.4 Å². The maximum absolute atomic E-state index is 12.6. The lowest BCUT2D eigenvalue weighted by Crippen LogP contribution is -2.30. The van der Waals surface area contributed by atoms with Crippen LogP contribution in [0.3, 0.4) is 0 Å². The van der Waals surface area contributed by atoms with E-state index in [9.17, 15) is 4.79 Å². The number of para-hydroxylation sites is 2. The van der Waals surface area contributed by atoms with E-state index >= 15 is 0 Å². The molecule has 1 atom stereocenters. The SMILES string of the molecule is COc1ccc(C(C)N(C)C(=O)CCn2cnc3ccccc32)cc1. The summed E-state index contributed by atoms with van der Waals surface area (Å²) in [5, 5.41) is 0. The summed E-state index contributed by atoms with van der Waals surface area (Å²) in [6.45, 7) is 2.66. The summed E-state index contributed by atoms with van der Waals surface area (Å²) < 4.78 is 7.21. The highest BCUT2D eigenvalue weighted by atomic mass is 16.5. The molecule has 1 aromatic heterocycles. The molecular formula is C20H23N3O2. The number of aryl methyl sites for hydroxylation is 1. The van der Waals surface area contributed by atoms with Crippen molar-refractivity contribution >= 4 is 16.9 Å². The number of hydrogen-bond donors (Lipinski definition) is 0. The summed E-state index contributed by atoms with van der Waals surface area (Å²) in [4.78, 5) is 18.7. The molecule has 0 spiro atoms. The lowest BCUT2D eigenvalue weighted by atomic mass is 10.1. The van der Waals surface area contributed by atoms with E-state index in [2.05, 4.69) is 4.98 Å². The fourth-order valence-corrected chi connectivity index (χ4v) is 2.90. The number of aromatic nitrogens is 2. The van der Waals surface area contributed by atoms with Crippen molar-refractivity contribution in [3.8, 4) is 5.75 Å². The Hall–Kier alpha value is -2.82. The van der Waals surface area contributed by atoms with E-state index in [-0.39, 0.29) is 11.9 Å². The Balaban J connectivity index is 1.63. The Morgan fingerprint density at radius 2 is 1.92 bits per heavy atom. The van der Waals surface area contributed by atoms with Crippen LogP contribution in [0, 0.1) is 0 Å². The molecule has 0 aliphatic carbocycles. The van der Waals surface area contributed by atoms with Gasteiger partial charge in [0.05, 0.1) is 30.5 Å². The summed E-state index contributed by atoms with van der Waals surface area (Å²) in [5.74, 6) is 0.929. The lowest BCUT2D eigenvalue weighted by Gasteiger charge is -2.25. The molecule has 1 amide bonds. The molecule has 0 saturated carbocycles. The average Bonchev–Trinajstić information content (AvgIpc) is 3.08. The zero-order chi connectivity index (χ0) is 17.8. The van der Waals surface area contributed by atoms with Crippen molar-refractivity contribution in [2.45, 2.75) is 25.9 Å². The van der Waals surface area contributed by atoms with Crippen LogP contribution in [0.4, 0.5) is 0 Å². The molecule has 3 aromatic rings. The molecule has 5 nitrogen and oxygen atoms in total. The number of ether oxygens (including phenoxy) is 1. The zero-order valence-corrected chi connectivity index (χ0v) is 14.8. The van der Waals surface area contributed by atoms with Crippen LogP contribution >= 0.6 is 0 Å². The van der Waals surface area contributed by atoms with Crippen molar-refractivity contribution in [1.29, 1.82) is 0 Å². The quantitative estimate of drug-likeness (QED) is 0.690. The van der Waals surface area contributed by atoms with Crippen LogP contribution in [-0.2, 0) is 11.3 Å². The Morgan fingerprint density at radius 1 is 1.20 bits per heavy atom. The number of imidazole rings is 1. The first-order valence-electron chi connectivity index (χ1n) is 8.39. The van der Waals surface area contributed by atoms with Gasteiger partial charge in [-0.05, 0) is 36.8 Å². The molecule has 1 heterocycles. The standard InChI is InChI=1S/C20H23N3O2/c1-15(16-8-10-17(25-3)11-9-16)22(2)20(24)12-13-23-14-21-18-6-4-5-7-19(18)23/h4-11,14-15H,12-13H2,1-3H3. The molecule has 0 radical (unpaired) electrons. The van der Waals surface area contributed by atoms with Crippen LogP contribution in [0.5, 0.6) is 5.75 Å². The van der Waals surface area contributed by atoms with E-state index in [1.54, 1.807) is 18.3 Å². The van der Waals surface area contributed by atoms with Crippen molar-refractivity contribution in [2.75, 3.05) is 14.2 Å². The third kappa shape index (κ3) is 3.65. The predicted molar refractivity (Wildman–Crippen MR) is 98.5 cm³/mol. The van der Waals surface area contributed by atoms with Crippen molar-refractivity contribution in [3.63, 3.8) is 0 Å². The molecule has 0 fully saturated rings. The number of rotatable bonds is 6. The summed E-state index contributed by atoms with van der Waals surface area (Å²) in [6, 6.07) is 15.8. The van der Waals surface area contributed by atoms with Crippen LogP contribution in [0.1, 0.15) is 24.9 Å². The van der Waals surface area contributed by atoms with Crippen molar-refractivity contribution < 1.29 is 9.53 Å². The van der Waals surface area contributed by atoms with Crippen LogP contribution in [-0.4, -0.2) is 34.5 Å². The van der Waals surface area contributed by atoms with Gasteiger partial charge < -0.3 is 14.2 Å². The number of fused-ring (bicyclic) bond motifs is 1. The van der Waals surface area contributed by atoms with E-state index in [0.717, 1.165) is 22.3 Å². The molecule has 1 unspecified atom stereocenters. The van der Waals surface area contributed by atoms with Gasteiger partial charge >= 0.3 is 0 Å². The van der Waals surface area contributed by atoms with Gasteiger partial charge in [-0.2, -0.15) is 0 Å². The number of carbonyl (C=O) groups is 1. The Bertz CT molecular complexity index is 855. The number of carbonyl (C=O) groups excluding carboxylic acids is 1. The summed E-state index contributed by atoms with van der Waals surface area (Å²) in [7, 11) is 3.50. The largest absolute Gasteiger partial charge is 0.497 e. The Labute approximate surface area is 147 Å². The number of hydrogen-bond acceptors (Lipinski definition) is 3. The van der Waals surface area contributed by atoms with Crippen molar-refractivity contribution in [1.82, 2.24) is 14.5 Å². The van der Waals surface area contributed by atoms with Gasteiger partial charge in [0.25, 0.3) is 0 Å². The van der Waals surface area contributed by atoms with E-state index in [1.807, 2.05) is 67.1 Å². The van der Waals surface area contributed by atoms with Gasteiger partial charge in [-0.1, -0.05) is 24.3 Å². The van der Waals surface area contributed by atoms with E-state index in [4.69, 9.17) is 4.74 Å². The van der Waals surface area contributed by atoms with Gasteiger partial charge in [-0.25, -0.2) is 4.98 Å². The van der Waals surface area contributed by atoms with Gasteiger partial charge in [0, 0.05) is 20.0 Å².